The number of para-hydroxylation sites is 1. The van der Waals surface area contributed by atoms with Crippen LogP contribution in [-0.4, -0.2) is 10.8 Å². The molecule has 0 fully saturated rings. The highest BCUT2D eigenvalue weighted by Crippen LogP contribution is 2.38. The molecule has 1 heterocycles. The van der Waals surface area contributed by atoms with Gasteiger partial charge in [0, 0.05) is 27.6 Å². The van der Waals surface area contributed by atoms with Crippen molar-refractivity contribution in [3.63, 3.8) is 0 Å². The number of hydrogen-bond donors (Lipinski definition) is 1. The monoisotopic (exact) mass is 343 g/mol. The second-order valence-corrected chi connectivity index (χ2v) is 7.01. The van der Waals surface area contributed by atoms with Crippen LogP contribution in [0.25, 0.3) is 10.9 Å². The van der Waals surface area contributed by atoms with E-state index in [1.165, 1.54) is 0 Å². The fourth-order valence-electron chi connectivity index (χ4n) is 2.95. The van der Waals surface area contributed by atoms with Gasteiger partial charge in [0.2, 0.25) is 0 Å². The molecule has 0 aliphatic heterocycles. The van der Waals surface area contributed by atoms with Crippen LogP contribution in [0.2, 0.25) is 0 Å². The summed E-state index contributed by atoms with van der Waals surface area (Å²) in [6.45, 7) is 0. The number of fused-ring (bicyclic) bond motifs is 1. The summed E-state index contributed by atoms with van der Waals surface area (Å²) in [5.74, 6) is 0.123. The highest BCUT2D eigenvalue weighted by atomic mass is 32.2. The minimum absolute atomic E-state index is 0.123. The fourth-order valence-corrected chi connectivity index (χ4v) is 4.07. The maximum atomic E-state index is 13.4. The standard InChI is InChI=1S/C22H17NOS/c24-21(19-15-23-20-14-8-7-13-18(19)20)22(16-9-3-1-4-10-16)25-17-11-5-2-6-12-17/h1-15,22-23H. The fraction of sp³-hybridized carbons (Fsp3) is 0.0455. The summed E-state index contributed by atoms with van der Waals surface area (Å²) >= 11 is 1.59. The Morgan fingerprint density at radius 3 is 2.20 bits per heavy atom. The van der Waals surface area contributed by atoms with Crippen molar-refractivity contribution < 1.29 is 4.79 Å². The Hall–Kier alpha value is -2.78. The van der Waals surface area contributed by atoms with Gasteiger partial charge in [-0.3, -0.25) is 4.79 Å². The Kier molecular flexibility index (Phi) is 4.40. The van der Waals surface area contributed by atoms with E-state index >= 15 is 0 Å². The van der Waals surface area contributed by atoms with E-state index in [-0.39, 0.29) is 11.0 Å². The quantitative estimate of drug-likeness (QED) is 0.362. The molecule has 4 rings (SSSR count). The second-order valence-electron chi connectivity index (χ2n) is 5.83. The summed E-state index contributed by atoms with van der Waals surface area (Å²) in [5, 5.41) is 0.699. The molecular weight excluding hydrogens is 326 g/mol. The lowest BCUT2D eigenvalue weighted by molar-refractivity contribution is 0.0991. The van der Waals surface area contributed by atoms with Crippen LogP contribution in [0.5, 0.6) is 0 Å². The van der Waals surface area contributed by atoms with Gasteiger partial charge in [-0.05, 0) is 23.8 Å². The summed E-state index contributed by atoms with van der Waals surface area (Å²) in [7, 11) is 0. The summed E-state index contributed by atoms with van der Waals surface area (Å²) in [5.41, 5.74) is 2.75. The molecular formula is C22H17NOS. The highest BCUT2D eigenvalue weighted by molar-refractivity contribution is 8.00. The molecule has 1 unspecified atom stereocenters. The molecule has 0 saturated carbocycles. The molecule has 0 amide bonds. The average molecular weight is 343 g/mol. The van der Waals surface area contributed by atoms with E-state index in [1.807, 2.05) is 91.1 Å². The van der Waals surface area contributed by atoms with Gasteiger partial charge in [-0.25, -0.2) is 0 Å². The van der Waals surface area contributed by atoms with Crippen LogP contribution in [0.1, 0.15) is 21.2 Å². The third-order valence-corrected chi connectivity index (χ3v) is 5.46. The topological polar surface area (TPSA) is 32.9 Å². The van der Waals surface area contributed by atoms with Gasteiger partial charge in [-0.2, -0.15) is 0 Å². The first kappa shape index (κ1) is 15.7. The van der Waals surface area contributed by atoms with Crippen LogP contribution in [0, 0.1) is 0 Å². The zero-order valence-electron chi connectivity index (χ0n) is 13.6. The first-order chi connectivity index (χ1) is 12.3. The van der Waals surface area contributed by atoms with Gasteiger partial charge in [0.1, 0.15) is 0 Å². The smallest absolute Gasteiger partial charge is 0.182 e. The summed E-state index contributed by atoms with van der Waals surface area (Å²) in [6, 6.07) is 28.0. The van der Waals surface area contributed by atoms with Crippen molar-refractivity contribution in [2.75, 3.05) is 0 Å². The van der Waals surface area contributed by atoms with Gasteiger partial charge in [-0.1, -0.05) is 66.7 Å². The lowest BCUT2D eigenvalue weighted by atomic mass is 10.0. The predicted molar refractivity (Wildman–Crippen MR) is 104 cm³/mol. The molecule has 2 nitrogen and oxygen atoms in total. The van der Waals surface area contributed by atoms with E-state index < -0.39 is 0 Å². The molecule has 1 N–H and O–H groups in total. The largest absolute Gasteiger partial charge is 0.360 e. The van der Waals surface area contributed by atoms with E-state index in [0.717, 1.165) is 26.9 Å². The second kappa shape index (κ2) is 6.99. The van der Waals surface area contributed by atoms with Crippen LogP contribution < -0.4 is 0 Å². The van der Waals surface area contributed by atoms with E-state index in [0.29, 0.717) is 0 Å². The molecule has 25 heavy (non-hydrogen) atoms. The van der Waals surface area contributed by atoms with Crippen molar-refractivity contribution >= 4 is 28.4 Å². The Labute approximate surface area is 150 Å². The summed E-state index contributed by atoms with van der Waals surface area (Å²) in [6.07, 6.45) is 1.83. The number of Topliss-reactive ketones (excluding diaryl/α,β-unsaturated/α-hetero) is 1. The molecule has 3 aromatic carbocycles. The number of ketones is 1. The lowest BCUT2D eigenvalue weighted by Crippen LogP contribution is -2.09. The van der Waals surface area contributed by atoms with Gasteiger partial charge < -0.3 is 4.98 Å². The third-order valence-electron chi connectivity index (χ3n) is 4.19. The lowest BCUT2D eigenvalue weighted by Gasteiger charge is -2.16. The maximum Gasteiger partial charge on any atom is 0.182 e. The Bertz CT molecular complexity index is 992. The van der Waals surface area contributed by atoms with Gasteiger partial charge in [-0.15, -0.1) is 11.8 Å². The number of rotatable bonds is 5. The number of aromatic amines is 1. The normalized spacial score (nSPS) is 12.2. The van der Waals surface area contributed by atoms with E-state index in [1.54, 1.807) is 11.8 Å². The SMILES string of the molecule is O=C(c1c[nH]c2ccccc12)C(Sc1ccccc1)c1ccccc1. The van der Waals surface area contributed by atoms with Gasteiger partial charge in [0.25, 0.3) is 0 Å². The maximum absolute atomic E-state index is 13.4. The average Bonchev–Trinajstić information content (AvgIpc) is 3.11. The molecule has 0 aliphatic rings. The first-order valence-corrected chi connectivity index (χ1v) is 9.08. The Morgan fingerprint density at radius 2 is 1.44 bits per heavy atom. The molecule has 1 atom stereocenters. The summed E-state index contributed by atoms with van der Waals surface area (Å²) < 4.78 is 0. The number of nitrogens with one attached hydrogen (secondary N) is 1. The molecule has 0 aliphatic carbocycles. The van der Waals surface area contributed by atoms with Gasteiger partial charge in [0.15, 0.2) is 5.78 Å². The number of benzene rings is 3. The third kappa shape index (κ3) is 3.24. The molecule has 3 heteroatoms. The highest BCUT2D eigenvalue weighted by Gasteiger charge is 2.25. The van der Waals surface area contributed by atoms with Crippen LogP contribution in [0.15, 0.2) is 96.0 Å². The van der Waals surface area contributed by atoms with Crippen LogP contribution >= 0.6 is 11.8 Å². The van der Waals surface area contributed by atoms with Crippen LogP contribution in [0.4, 0.5) is 0 Å². The van der Waals surface area contributed by atoms with E-state index in [4.69, 9.17) is 0 Å². The van der Waals surface area contributed by atoms with Gasteiger partial charge >= 0.3 is 0 Å². The number of hydrogen-bond acceptors (Lipinski definition) is 2. The Balaban J connectivity index is 1.76. The molecule has 0 bridgehead atoms. The number of carbonyl (C=O) groups is 1. The number of aromatic nitrogens is 1. The van der Waals surface area contributed by atoms with Crippen molar-refractivity contribution in [1.82, 2.24) is 4.98 Å². The van der Waals surface area contributed by atoms with Crippen LogP contribution in [-0.2, 0) is 0 Å². The van der Waals surface area contributed by atoms with Crippen molar-refractivity contribution in [3.8, 4) is 0 Å². The van der Waals surface area contributed by atoms with E-state index in [9.17, 15) is 4.79 Å². The molecule has 0 radical (unpaired) electrons. The predicted octanol–water partition coefficient (Wildman–Crippen LogP) is 5.88. The van der Waals surface area contributed by atoms with Crippen LogP contribution in [0.3, 0.4) is 0 Å². The Morgan fingerprint density at radius 1 is 0.800 bits per heavy atom. The van der Waals surface area contributed by atoms with Gasteiger partial charge in [0.05, 0.1) is 5.25 Å². The number of thioether (sulfide) groups is 1. The van der Waals surface area contributed by atoms with Crippen molar-refractivity contribution in [2.24, 2.45) is 0 Å². The van der Waals surface area contributed by atoms with Crippen molar-refractivity contribution in [1.29, 1.82) is 0 Å². The number of carbonyl (C=O) groups excluding carboxylic acids is 1. The zero-order valence-corrected chi connectivity index (χ0v) is 14.4. The van der Waals surface area contributed by atoms with Crippen molar-refractivity contribution in [3.05, 3.63) is 102 Å². The summed E-state index contributed by atoms with van der Waals surface area (Å²) in [4.78, 5) is 17.7. The molecule has 122 valence electrons. The molecule has 4 aromatic rings. The zero-order chi connectivity index (χ0) is 17.1. The molecule has 0 spiro atoms. The number of H-pyrrole nitrogens is 1. The van der Waals surface area contributed by atoms with E-state index in [2.05, 4.69) is 4.98 Å². The first-order valence-electron chi connectivity index (χ1n) is 8.20. The molecule has 0 saturated heterocycles. The minimum atomic E-state index is -0.275. The van der Waals surface area contributed by atoms with Crippen molar-refractivity contribution in [2.45, 2.75) is 10.1 Å². The minimum Gasteiger partial charge on any atom is -0.360 e. The molecule has 1 aromatic heterocycles.